The molecule has 24 heavy (non-hydrogen) atoms. The van der Waals surface area contributed by atoms with Gasteiger partial charge in [0.15, 0.2) is 11.6 Å². The van der Waals surface area contributed by atoms with Crippen LogP contribution in [-0.4, -0.2) is 20.6 Å². The van der Waals surface area contributed by atoms with Crippen LogP contribution >= 0.6 is 0 Å². The minimum absolute atomic E-state index is 0.307. The fourth-order valence-electron chi connectivity index (χ4n) is 3.82. The standard InChI is InChI=1S/C19H20N2O3/c1-12-14(19(22)23)9-10-15-17(12)20-18(16-8-5-11-24-16)21(15)13-6-3-2-4-7-13/h5,8-11,13H,2-4,6-7H2,1H3,(H,22,23). The fourth-order valence-corrected chi connectivity index (χ4v) is 3.82. The number of aromatic carboxylic acids is 1. The number of aryl methyl sites for hydroxylation is 1. The van der Waals surface area contributed by atoms with Crippen LogP contribution in [0.15, 0.2) is 34.9 Å². The molecule has 1 aliphatic rings. The molecule has 0 unspecified atom stereocenters. The van der Waals surface area contributed by atoms with Crippen molar-refractivity contribution in [3.05, 3.63) is 41.7 Å². The first-order valence-electron chi connectivity index (χ1n) is 8.45. The largest absolute Gasteiger partial charge is 0.478 e. The molecule has 0 spiro atoms. The maximum absolute atomic E-state index is 11.4. The van der Waals surface area contributed by atoms with Gasteiger partial charge < -0.3 is 14.1 Å². The van der Waals surface area contributed by atoms with Gasteiger partial charge in [-0.05, 0) is 49.6 Å². The number of nitrogens with zero attached hydrogens (tertiary/aromatic N) is 2. The Morgan fingerprint density at radius 2 is 2.04 bits per heavy atom. The minimum Gasteiger partial charge on any atom is -0.478 e. The molecule has 0 atom stereocenters. The van der Waals surface area contributed by atoms with Crippen LogP contribution in [-0.2, 0) is 0 Å². The summed E-state index contributed by atoms with van der Waals surface area (Å²) in [5, 5.41) is 9.38. The number of carboxylic acids is 1. The van der Waals surface area contributed by atoms with Crippen LogP contribution < -0.4 is 0 Å². The zero-order chi connectivity index (χ0) is 16.7. The highest BCUT2D eigenvalue weighted by molar-refractivity contribution is 5.96. The Balaban J connectivity index is 1.98. The van der Waals surface area contributed by atoms with Crippen molar-refractivity contribution in [2.24, 2.45) is 0 Å². The van der Waals surface area contributed by atoms with E-state index in [-0.39, 0.29) is 0 Å². The van der Waals surface area contributed by atoms with Crippen molar-refractivity contribution in [3.8, 4) is 11.6 Å². The molecular weight excluding hydrogens is 304 g/mol. The summed E-state index contributed by atoms with van der Waals surface area (Å²) < 4.78 is 7.85. The van der Waals surface area contributed by atoms with Crippen LogP contribution in [0.4, 0.5) is 0 Å². The summed E-state index contributed by atoms with van der Waals surface area (Å²) in [5.74, 6) is 0.613. The third kappa shape index (κ3) is 2.31. The number of rotatable bonds is 3. The molecule has 0 bridgehead atoms. The number of carbonyl (C=O) groups is 1. The lowest BCUT2D eigenvalue weighted by atomic mass is 9.95. The number of fused-ring (bicyclic) bond motifs is 1. The molecule has 2 heterocycles. The van der Waals surface area contributed by atoms with E-state index < -0.39 is 5.97 Å². The second kappa shape index (κ2) is 5.82. The van der Waals surface area contributed by atoms with Gasteiger partial charge in [0.05, 0.1) is 22.9 Å². The van der Waals surface area contributed by atoms with Crippen molar-refractivity contribution >= 4 is 17.0 Å². The van der Waals surface area contributed by atoms with Gasteiger partial charge in [-0.1, -0.05) is 19.3 Å². The van der Waals surface area contributed by atoms with Crippen molar-refractivity contribution in [1.29, 1.82) is 0 Å². The third-order valence-electron chi connectivity index (χ3n) is 5.03. The second-order valence-corrected chi connectivity index (χ2v) is 6.49. The van der Waals surface area contributed by atoms with Gasteiger partial charge in [0.25, 0.3) is 0 Å². The summed E-state index contributed by atoms with van der Waals surface area (Å²) in [5.41, 5.74) is 2.77. The minimum atomic E-state index is -0.916. The topological polar surface area (TPSA) is 68.3 Å². The van der Waals surface area contributed by atoms with Gasteiger partial charge in [-0.2, -0.15) is 0 Å². The molecule has 1 N–H and O–H groups in total. The maximum atomic E-state index is 11.4. The molecule has 5 nitrogen and oxygen atoms in total. The Labute approximate surface area is 139 Å². The van der Waals surface area contributed by atoms with E-state index in [0.29, 0.717) is 17.2 Å². The van der Waals surface area contributed by atoms with Crippen LogP contribution in [0, 0.1) is 6.92 Å². The summed E-state index contributed by atoms with van der Waals surface area (Å²) in [6, 6.07) is 7.73. The van der Waals surface area contributed by atoms with E-state index in [9.17, 15) is 9.90 Å². The molecule has 4 rings (SSSR count). The molecule has 0 amide bonds. The van der Waals surface area contributed by atoms with E-state index in [2.05, 4.69) is 4.57 Å². The fraction of sp³-hybridized carbons (Fsp3) is 0.368. The van der Waals surface area contributed by atoms with E-state index >= 15 is 0 Å². The smallest absolute Gasteiger partial charge is 0.336 e. The number of hydrogen-bond acceptors (Lipinski definition) is 3. The van der Waals surface area contributed by atoms with Gasteiger partial charge in [0.1, 0.15) is 0 Å². The molecule has 2 aromatic heterocycles. The highest BCUT2D eigenvalue weighted by atomic mass is 16.4. The molecule has 3 aromatic rings. The lowest BCUT2D eigenvalue weighted by molar-refractivity contribution is 0.0696. The molecule has 1 fully saturated rings. The molecule has 1 aromatic carbocycles. The number of carboxylic acid groups (broad SMARTS) is 1. The summed E-state index contributed by atoms with van der Waals surface area (Å²) in [6.45, 7) is 1.83. The van der Waals surface area contributed by atoms with E-state index in [1.165, 1.54) is 19.3 Å². The predicted octanol–water partition coefficient (Wildman–Crippen LogP) is 4.81. The number of imidazole rings is 1. The van der Waals surface area contributed by atoms with Gasteiger partial charge in [-0.15, -0.1) is 0 Å². The third-order valence-corrected chi connectivity index (χ3v) is 5.03. The first kappa shape index (κ1) is 15.0. The molecule has 0 aliphatic heterocycles. The van der Waals surface area contributed by atoms with Crippen molar-refractivity contribution in [1.82, 2.24) is 9.55 Å². The highest BCUT2D eigenvalue weighted by Gasteiger charge is 2.25. The van der Waals surface area contributed by atoms with Crippen molar-refractivity contribution in [2.45, 2.75) is 45.1 Å². The van der Waals surface area contributed by atoms with E-state index in [4.69, 9.17) is 9.40 Å². The quantitative estimate of drug-likeness (QED) is 0.751. The first-order chi connectivity index (χ1) is 11.7. The zero-order valence-electron chi connectivity index (χ0n) is 13.7. The number of furan rings is 1. The number of aromatic nitrogens is 2. The summed E-state index contributed by atoms with van der Waals surface area (Å²) in [6.07, 6.45) is 7.61. The Hall–Kier alpha value is -2.56. The van der Waals surface area contributed by atoms with Crippen LogP contribution in [0.25, 0.3) is 22.6 Å². The normalized spacial score (nSPS) is 15.9. The van der Waals surface area contributed by atoms with E-state index in [0.717, 1.165) is 35.5 Å². The van der Waals surface area contributed by atoms with Gasteiger partial charge in [0.2, 0.25) is 0 Å². The van der Waals surface area contributed by atoms with E-state index in [1.807, 2.05) is 25.1 Å². The van der Waals surface area contributed by atoms with E-state index in [1.54, 1.807) is 12.3 Å². The Morgan fingerprint density at radius 1 is 1.25 bits per heavy atom. The van der Waals surface area contributed by atoms with Crippen LogP contribution in [0.2, 0.25) is 0 Å². The Morgan fingerprint density at radius 3 is 2.71 bits per heavy atom. The van der Waals surface area contributed by atoms with Crippen molar-refractivity contribution in [2.75, 3.05) is 0 Å². The van der Waals surface area contributed by atoms with Crippen molar-refractivity contribution < 1.29 is 14.3 Å². The average molecular weight is 324 g/mol. The summed E-state index contributed by atoms with van der Waals surface area (Å²) >= 11 is 0. The first-order valence-corrected chi connectivity index (χ1v) is 8.45. The Kier molecular flexibility index (Phi) is 3.63. The summed E-state index contributed by atoms with van der Waals surface area (Å²) in [4.78, 5) is 16.2. The molecule has 124 valence electrons. The zero-order valence-corrected chi connectivity index (χ0v) is 13.7. The second-order valence-electron chi connectivity index (χ2n) is 6.49. The van der Waals surface area contributed by atoms with Crippen LogP contribution in [0.5, 0.6) is 0 Å². The summed E-state index contributed by atoms with van der Waals surface area (Å²) in [7, 11) is 0. The van der Waals surface area contributed by atoms with Gasteiger partial charge >= 0.3 is 5.97 Å². The number of benzene rings is 1. The average Bonchev–Trinajstić information content (AvgIpc) is 3.23. The molecule has 0 radical (unpaired) electrons. The SMILES string of the molecule is Cc1c(C(=O)O)ccc2c1nc(-c1ccco1)n2C1CCCCC1. The van der Waals surface area contributed by atoms with Gasteiger partial charge in [-0.25, -0.2) is 9.78 Å². The molecule has 0 saturated heterocycles. The highest BCUT2D eigenvalue weighted by Crippen LogP contribution is 2.37. The Bertz CT molecular complexity index is 887. The molecule has 1 aliphatic carbocycles. The van der Waals surface area contributed by atoms with Gasteiger partial charge in [-0.3, -0.25) is 0 Å². The monoisotopic (exact) mass is 324 g/mol. The van der Waals surface area contributed by atoms with Crippen molar-refractivity contribution in [3.63, 3.8) is 0 Å². The lowest BCUT2D eigenvalue weighted by Crippen LogP contribution is -2.14. The van der Waals surface area contributed by atoms with Crippen LogP contribution in [0.1, 0.15) is 54.1 Å². The number of hydrogen-bond donors (Lipinski definition) is 1. The van der Waals surface area contributed by atoms with Gasteiger partial charge in [0, 0.05) is 6.04 Å². The lowest BCUT2D eigenvalue weighted by Gasteiger charge is -2.25. The predicted molar refractivity (Wildman–Crippen MR) is 91.3 cm³/mol. The van der Waals surface area contributed by atoms with Crippen LogP contribution in [0.3, 0.4) is 0 Å². The molecule has 1 saturated carbocycles. The maximum Gasteiger partial charge on any atom is 0.336 e. The molecule has 5 heteroatoms. The molecular formula is C19H20N2O3.